The maximum Gasteiger partial charge on any atom is 0.269 e. The Morgan fingerprint density at radius 2 is 1.90 bits per heavy atom. The number of ether oxygens (including phenoxy) is 1. The molecular formula is C22H19N3O3S2. The number of benzene rings is 1. The standard InChI is InChI=1S/C22H19N3O3S2/c1-4-24-21(27)17(30-22(24)29)12-16-19(28-15-10-13(2)9-14(3)11-15)23-18-7-5-6-8-25(18)20(16)26/h5-12H,4H2,1-3H3/b17-12+. The third-order valence-electron chi connectivity index (χ3n) is 4.61. The summed E-state index contributed by atoms with van der Waals surface area (Å²) in [4.78, 5) is 32.3. The van der Waals surface area contributed by atoms with Crippen molar-refractivity contribution in [2.24, 2.45) is 0 Å². The molecule has 1 aromatic carbocycles. The maximum absolute atomic E-state index is 13.2. The van der Waals surface area contributed by atoms with E-state index in [-0.39, 0.29) is 22.9 Å². The molecule has 6 nitrogen and oxygen atoms in total. The molecule has 0 radical (unpaired) electrons. The Kier molecular flexibility index (Phi) is 5.44. The molecule has 0 spiro atoms. The Labute approximate surface area is 183 Å². The third-order valence-corrected chi connectivity index (χ3v) is 5.99. The van der Waals surface area contributed by atoms with Crippen LogP contribution in [0.4, 0.5) is 0 Å². The second-order valence-electron chi connectivity index (χ2n) is 6.92. The number of hydrogen-bond donors (Lipinski definition) is 0. The zero-order chi connectivity index (χ0) is 21.4. The van der Waals surface area contributed by atoms with Crippen LogP contribution in [0.3, 0.4) is 0 Å². The monoisotopic (exact) mass is 437 g/mol. The first-order valence-electron chi connectivity index (χ1n) is 9.40. The number of nitrogens with zero attached hydrogens (tertiary/aromatic N) is 3. The molecule has 0 bridgehead atoms. The highest BCUT2D eigenvalue weighted by Crippen LogP contribution is 2.34. The molecule has 30 heavy (non-hydrogen) atoms. The Balaban J connectivity index is 1.89. The molecule has 4 rings (SSSR count). The molecule has 1 aliphatic heterocycles. The lowest BCUT2D eigenvalue weighted by molar-refractivity contribution is -0.121. The first kappa shape index (κ1) is 20.3. The largest absolute Gasteiger partial charge is 0.438 e. The van der Waals surface area contributed by atoms with Crippen molar-refractivity contribution >= 4 is 45.9 Å². The summed E-state index contributed by atoms with van der Waals surface area (Å²) in [6.45, 7) is 6.27. The number of carbonyl (C=O) groups excluding carboxylic acids is 1. The zero-order valence-electron chi connectivity index (χ0n) is 16.7. The normalized spacial score (nSPS) is 15.4. The SMILES string of the molecule is CCN1C(=O)/C(=C\c2c(Oc3cc(C)cc(C)c3)nc3ccccn3c2=O)SC1=S. The third kappa shape index (κ3) is 3.76. The van der Waals surface area contributed by atoms with E-state index in [4.69, 9.17) is 17.0 Å². The van der Waals surface area contributed by atoms with Crippen molar-refractivity contribution in [3.8, 4) is 11.6 Å². The Bertz CT molecular complexity index is 1260. The van der Waals surface area contributed by atoms with Crippen LogP contribution >= 0.6 is 24.0 Å². The van der Waals surface area contributed by atoms with Gasteiger partial charge in [-0.2, -0.15) is 4.98 Å². The van der Waals surface area contributed by atoms with E-state index in [0.717, 1.165) is 11.1 Å². The van der Waals surface area contributed by atoms with Crippen LogP contribution in [0.1, 0.15) is 23.6 Å². The van der Waals surface area contributed by atoms with Gasteiger partial charge in [-0.3, -0.25) is 18.9 Å². The molecule has 1 aliphatic rings. The van der Waals surface area contributed by atoms with Crippen molar-refractivity contribution in [1.82, 2.24) is 14.3 Å². The summed E-state index contributed by atoms with van der Waals surface area (Å²) >= 11 is 6.46. The number of thiocarbonyl (C=S) groups is 1. The number of pyridine rings is 1. The van der Waals surface area contributed by atoms with Gasteiger partial charge in [0.25, 0.3) is 11.5 Å². The number of amides is 1. The predicted octanol–water partition coefficient (Wildman–Crippen LogP) is 4.32. The van der Waals surface area contributed by atoms with E-state index in [0.29, 0.717) is 27.2 Å². The number of aromatic nitrogens is 2. The summed E-state index contributed by atoms with van der Waals surface area (Å²) in [5.74, 6) is 0.510. The molecular weight excluding hydrogens is 418 g/mol. The minimum atomic E-state index is -0.318. The van der Waals surface area contributed by atoms with E-state index in [1.165, 1.54) is 27.1 Å². The molecule has 3 heterocycles. The van der Waals surface area contributed by atoms with Gasteiger partial charge in [-0.05, 0) is 62.2 Å². The van der Waals surface area contributed by atoms with E-state index in [9.17, 15) is 9.59 Å². The summed E-state index contributed by atoms with van der Waals surface area (Å²) in [6.07, 6.45) is 3.17. The van der Waals surface area contributed by atoms with Crippen molar-refractivity contribution < 1.29 is 9.53 Å². The predicted molar refractivity (Wildman–Crippen MR) is 123 cm³/mol. The van der Waals surface area contributed by atoms with Gasteiger partial charge in [-0.15, -0.1) is 0 Å². The van der Waals surface area contributed by atoms with Gasteiger partial charge in [-0.1, -0.05) is 36.1 Å². The van der Waals surface area contributed by atoms with Crippen molar-refractivity contribution in [3.63, 3.8) is 0 Å². The lowest BCUT2D eigenvalue weighted by Crippen LogP contribution is -2.27. The molecule has 152 valence electrons. The summed E-state index contributed by atoms with van der Waals surface area (Å²) in [5.41, 5.74) is 2.41. The van der Waals surface area contributed by atoms with Gasteiger partial charge in [0.05, 0.1) is 4.91 Å². The van der Waals surface area contributed by atoms with Crippen LogP contribution in [0.15, 0.2) is 52.3 Å². The van der Waals surface area contributed by atoms with Crippen molar-refractivity contribution in [3.05, 3.63) is 74.5 Å². The van der Waals surface area contributed by atoms with Crippen LogP contribution < -0.4 is 10.3 Å². The van der Waals surface area contributed by atoms with Crippen molar-refractivity contribution in [1.29, 1.82) is 0 Å². The molecule has 0 atom stereocenters. The molecule has 0 aliphatic carbocycles. The minimum absolute atomic E-state index is 0.151. The molecule has 2 aromatic heterocycles. The second-order valence-corrected chi connectivity index (χ2v) is 8.59. The lowest BCUT2D eigenvalue weighted by Gasteiger charge is -2.11. The van der Waals surface area contributed by atoms with Crippen molar-refractivity contribution in [2.75, 3.05) is 6.54 Å². The average Bonchev–Trinajstić information content (AvgIpc) is 2.96. The average molecular weight is 438 g/mol. The lowest BCUT2D eigenvalue weighted by atomic mass is 10.1. The van der Waals surface area contributed by atoms with Gasteiger partial charge in [-0.25, -0.2) is 0 Å². The highest BCUT2D eigenvalue weighted by molar-refractivity contribution is 8.26. The first-order chi connectivity index (χ1) is 14.4. The number of rotatable bonds is 4. The van der Waals surface area contributed by atoms with Gasteiger partial charge in [0.15, 0.2) is 0 Å². The topological polar surface area (TPSA) is 63.9 Å². The van der Waals surface area contributed by atoms with Crippen LogP contribution in [0.5, 0.6) is 11.6 Å². The fourth-order valence-corrected chi connectivity index (χ4v) is 4.66. The molecule has 3 aromatic rings. The van der Waals surface area contributed by atoms with E-state index < -0.39 is 0 Å². The fraction of sp³-hybridized carbons (Fsp3) is 0.182. The Morgan fingerprint density at radius 1 is 1.17 bits per heavy atom. The van der Waals surface area contributed by atoms with Crippen LogP contribution in [-0.4, -0.2) is 31.1 Å². The highest BCUT2D eigenvalue weighted by Gasteiger charge is 2.31. The van der Waals surface area contributed by atoms with Crippen molar-refractivity contribution in [2.45, 2.75) is 20.8 Å². The van der Waals surface area contributed by atoms with Gasteiger partial charge < -0.3 is 4.74 Å². The van der Waals surface area contributed by atoms with Gasteiger partial charge >= 0.3 is 0 Å². The number of thioether (sulfide) groups is 1. The van der Waals surface area contributed by atoms with E-state index >= 15 is 0 Å². The molecule has 8 heteroatoms. The van der Waals surface area contributed by atoms with Gasteiger partial charge in [0.1, 0.15) is 21.3 Å². The number of fused-ring (bicyclic) bond motifs is 1. The number of hydrogen-bond acceptors (Lipinski definition) is 6. The van der Waals surface area contributed by atoms with Crippen LogP contribution in [-0.2, 0) is 4.79 Å². The Hall–Kier alpha value is -2.97. The van der Waals surface area contributed by atoms with Crippen LogP contribution in [0.2, 0.25) is 0 Å². The molecule has 1 fully saturated rings. The summed E-state index contributed by atoms with van der Waals surface area (Å²) in [5, 5.41) is 0. The van der Waals surface area contributed by atoms with E-state index in [2.05, 4.69) is 4.98 Å². The van der Waals surface area contributed by atoms with Crippen LogP contribution in [0, 0.1) is 13.8 Å². The molecule has 0 unspecified atom stereocenters. The van der Waals surface area contributed by atoms with Gasteiger partial charge in [0, 0.05) is 12.7 Å². The summed E-state index contributed by atoms with van der Waals surface area (Å²) in [6, 6.07) is 11.1. The molecule has 1 saturated heterocycles. The first-order valence-corrected chi connectivity index (χ1v) is 10.6. The Morgan fingerprint density at radius 3 is 2.57 bits per heavy atom. The quantitative estimate of drug-likeness (QED) is 0.447. The zero-order valence-corrected chi connectivity index (χ0v) is 18.3. The number of likely N-dealkylation sites (N-methyl/N-ethyl adjacent to an activating group) is 1. The summed E-state index contributed by atoms with van der Waals surface area (Å²) in [7, 11) is 0. The van der Waals surface area contributed by atoms with E-state index in [1.54, 1.807) is 24.4 Å². The number of aryl methyl sites for hydroxylation is 2. The fourth-order valence-electron chi connectivity index (χ4n) is 3.29. The minimum Gasteiger partial charge on any atom is -0.438 e. The maximum atomic E-state index is 13.2. The molecule has 1 amide bonds. The second kappa shape index (κ2) is 8.04. The van der Waals surface area contributed by atoms with Crippen LogP contribution in [0.25, 0.3) is 11.7 Å². The van der Waals surface area contributed by atoms with Gasteiger partial charge in [0.2, 0.25) is 5.88 Å². The highest BCUT2D eigenvalue weighted by atomic mass is 32.2. The summed E-state index contributed by atoms with van der Waals surface area (Å²) < 4.78 is 7.95. The smallest absolute Gasteiger partial charge is 0.269 e. The number of carbonyl (C=O) groups is 1. The molecule has 0 saturated carbocycles. The molecule has 0 N–H and O–H groups in total. The van der Waals surface area contributed by atoms with E-state index in [1.807, 2.05) is 39.0 Å².